The van der Waals surface area contributed by atoms with Gasteiger partial charge in [0.05, 0.1) is 23.6 Å². The quantitative estimate of drug-likeness (QED) is 0.0852. The van der Waals surface area contributed by atoms with E-state index in [0.29, 0.717) is 51.2 Å². The summed E-state index contributed by atoms with van der Waals surface area (Å²) in [6.45, 7) is 17.1. The lowest BCUT2D eigenvalue weighted by Crippen LogP contribution is -2.47. The number of rotatable bonds is 11. The molecule has 1 aliphatic carbocycles. The molecule has 306 valence electrons. The summed E-state index contributed by atoms with van der Waals surface area (Å²) in [4.78, 5) is 61.8. The standard InChI is InChI=1S/C43H45BrN2O12/c1-13-28-24(8)32(40(49)55-17-53-11)20(4)22(6)37(28)57-39-31-18(2)14-29(25(9)35(31)45-26(10)46-39)56-41(50)33-21(5)23(7)38(34(44)36(33)48)58-42(51)43(52)19(3)15-27(47)16-30(43)54-12/h14-16,48,52H,13,17H2,1-12H3/t43-/m1/s1. The zero-order valence-electron chi connectivity index (χ0n) is 34.4. The Bertz CT molecular complexity index is 2470. The molecule has 0 fully saturated rings. The third kappa shape index (κ3) is 7.45. The Kier molecular flexibility index (Phi) is 12.5. The Labute approximate surface area is 343 Å². The summed E-state index contributed by atoms with van der Waals surface area (Å²) >= 11 is 3.25. The molecule has 58 heavy (non-hydrogen) atoms. The van der Waals surface area contributed by atoms with E-state index < -0.39 is 35.0 Å². The number of ketones is 1. The number of hydrogen-bond acceptors (Lipinski definition) is 14. The maximum absolute atomic E-state index is 13.9. The Morgan fingerprint density at radius 1 is 0.810 bits per heavy atom. The van der Waals surface area contributed by atoms with Crippen LogP contribution in [0.3, 0.4) is 0 Å². The summed E-state index contributed by atoms with van der Waals surface area (Å²) in [6, 6.07) is 1.65. The number of hydrogen-bond donors (Lipinski definition) is 2. The van der Waals surface area contributed by atoms with Gasteiger partial charge in [-0.05, 0) is 141 Å². The lowest BCUT2D eigenvalue weighted by molar-refractivity contribution is -0.151. The van der Waals surface area contributed by atoms with Crippen molar-refractivity contribution in [3.8, 4) is 28.9 Å². The summed E-state index contributed by atoms with van der Waals surface area (Å²) in [5, 5.41) is 23.3. The van der Waals surface area contributed by atoms with E-state index >= 15 is 0 Å². The first-order chi connectivity index (χ1) is 27.2. The summed E-state index contributed by atoms with van der Waals surface area (Å²) in [7, 11) is 2.64. The van der Waals surface area contributed by atoms with Gasteiger partial charge in [-0.3, -0.25) is 4.79 Å². The fourth-order valence-corrected chi connectivity index (χ4v) is 7.62. The van der Waals surface area contributed by atoms with Gasteiger partial charge >= 0.3 is 17.9 Å². The number of aromatic nitrogens is 2. The number of aryl methyl sites for hydroxylation is 3. The van der Waals surface area contributed by atoms with Gasteiger partial charge in [0.15, 0.2) is 18.3 Å². The van der Waals surface area contributed by atoms with Crippen LogP contribution in [-0.2, 0) is 30.2 Å². The molecule has 3 aromatic carbocycles. The van der Waals surface area contributed by atoms with Gasteiger partial charge in [-0.25, -0.2) is 19.4 Å². The first-order valence-electron chi connectivity index (χ1n) is 18.2. The molecule has 0 aliphatic heterocycles. The van der Waals surface area contributed by atoms with Crippen molar-refractivity contribution in [2.45, 2.75) is 81.3 Å². The van der Waals surface area contributed by atoms with Crippen LogP contribution >= 0.6 is 15.9 Å². The molecule has 1 aliphatic rings. The van der Waals surface area contributed by atoms with Gasteiger partial charge in [-0.1, -0.05) is 6.92 Å². The van der Waals surface area contributed by atoms with E-state index in [-0.39, 0.29) is 56.7 Å². The number of aliphatic hydroxyl groups is 1. The van der Waals surface area contributed by atoms with E-state index in [1.54, 1.807) is 40.7 Å². The normalized spacial score (nSPS) is 15.2. The Balaban J connectivity index is 1.52. The molecule has 1 heterocycles. The SMILES string of the molecule is CCc1c(C)c(C(=O)OCOC)c(C)c(C)c1Oc1nc(C)nc2c(C)c(OC(=O)c3c(C)c(C)c(OC(=O)[C@@]4(O)C(C)=CC(=O)C=C4OC)c(Br)c3O)cc(C)c12. The number of esters is 3. The number of phenolic OH excluding ortho intramolecular Hbond substituents is 1. The van der Waals surface area contributed by atoms with Crippen molar-refractivity contribution in [1.82, 2.24) is 9.97 Å². The molecule has 5 rings (SSSR count). The Morgan fingerprint density at radius 3 is 2.07 bits per heavy atom. The molecule has 0 saturated heterocycles. The van der Waals surface area contributed by atoms with Crippen molar-refractivity contribution >= 4 is 50.5 Å². The number of ether oxygens (including phenoxy) is 6. The zero-order valence-corrected chi connectivity index (χ0v) is 36.0. The summed E-state index contributed by atoms with van der Waals surface area (Å²) < 4.78 is 33.4. The number of carbonyl (C=O) groups excluding carboxylic acids is 4. The fourth-order valence-electron chi connectivity index (χ4n) is 7.05. The highest BCUT2D eigenvalue weighted by Crippen LogP contribution is 2.45. The van der Waals surface area contributed by atoms with Crippen molar-refractivity contribution < 1.29 is 57.8 Å². The first kappa shape index (κ1) is 43.5. The zero-order chi connectivity index (χ0) is 43.1. The largest absolute Gasteiger partial charge is 0.506 e. The minimum Gasteiger partial charge on any atom is -0.506 e. The molecule has 0 spiro atoms. The molecule has 14 nitrogen and oxygen atoms in total. The molecule has 0 saturated carbocycles. The molecule has 2 N–H and O–H groups in total. The van der Waals surface area contributed by atoms with E-state index in [9.17, 15) is 29.4 Å². The minimum atomic E-state index is -2.42. The monoisotopic (exact) mass is 860 g/mol. The number of methoxy groups -OCH3 is 2. The van der Waals surface area contributed by atoms with E-state index in [0.717, 1.165) is 28.8 Å². The molecular formula is C43H45BrN2O12. The summed E-state index contributed by atoms with van der Waals surface area (Å²) in [6.07, 6.45) is 2.61. The smallest absolute Gasteiger partial charge is 0.356 e. The second-order valence-electron chi connectivity index (χ2n) is 14.0. The van der Waals surface area contributed by atoms with E-state index in [1.807, 2.05) is 27.7 Å². The van der Waals surface area contributed by atoms with Gasteiger partial charge in [0.1, 0.15) is 38.9 Å². The Morgan fingerprint density at radius 2 is 1.45 bits per heavy atom. The first-order valence-corrected chi connectivity index (χ1v) is 19.0. The predicted molar refractivity (Wildman–Crippen MR) is 216 cm³/mol. The van der Waals surface area contributed by atoms with Gasteiger partial charge in [-0.15, -0.1) is 0 Å². The van der Waals surface area contributed by atoms with Crippen molar-refractivity contribution in [2.24, 2.45) is 0 Å². The van der Waals surface area contributed by atoms with Gasteiger partial charge < -0.3 is 38.6 Å². The van der Waals surface area contributed by atoms with Crippen LogP contribution in [-0.4, -0.2) is 70.5 Å². The molecule has 15 heteroatoms. The molecule has 0 amide bonds. The number of allylic oxidation sites excluding steroid dienone is 2. The van der Waals surface area contributed by atoms with Crippen LogP contribution in [0.15, 0.2) is 34.0 Å². The second kappa shape index (κ2) is 16.7. The van der Waals surface area contributed by atoms with Gasteiger partial charge in [0.2, 0.25) is 11.5 Å². The molecule has 0 unspecified atom stereocenters. The van der Waals surface area contributed by atoms with Crippen molar-refractivity contribution in [3.63, 3.8) is 0 Å². The summed E-state index contributed by atoms with van der Waals surface area (Å²) in [5.41, 5.74) is 2.81. The average Bonchev–Trinajstić information content (AvgIpc) is 3.17. The van der Waals surface area contributed by atoms with E-state index in [4.69, 9.17) is 33.4 Å². The van der Waals surface area contributed by atoms with Crippen molar-refractivity contribution in [1.29, 1.82) is 0 Å². The summed E-state index contributed by atoms with van der Waals surface area (Å²) in [5.74, 6) is -2.79. The van der Waals surface area contributed by atoms with Crippen LogP contribution in [0, 0.1) is 55.4 Å². The van der Waals surface area contributed by atoms with Crippen molar-refractivity contribution in [3.05, 3.63) is 95.5 Å². The molecule has 0 radical (unpaired) electrons. The number of halogens is 1. The van der Waals surface area contributed by atoms with E-state index in [1.165, 1.54) is 21.1 Å². The molecule has 1 aromatic heterocycles. The number of nitrogens with zero attached hydrogens (tertiary/aromatic N) is 2. The number of fused-ring (bicyclic) bond motifs is 1. The third-order valence-corrected chi connectivity index (χ3v) is 11.2. The highest BCUT2D eigenvalue weighted by Gasteiger charge is 2.48. The number of carbonyl (C=O) groups is 4. The molecule has 1 atom stereocenters. The van der Waals surface area contributed by atoms with Crippen LogP contribution in [0.4, 0.5) is 0 Å². The van der Waals surface area contributed by atoms with Gasteiger partial charge in [0, 0.05) is 18.7 Å². The lowest BCUT2D eigenvalue weighted by atomic mass is 9.87. The predicted octanol–water partition coefficient (Wildman–Crippen LogP) is 7.60. The van der Waals surface area contributed by atoms with Gasteiger partial charge in [0.25, 0.3) is 0 Å². The molecule has 4 aromatic rings. The average molecular weight is 862 g/mol. The second-order valence-corrected chi connectivity index (χ2v) is 14.8. The van der Waals surface area contributed by atoms with Gasteiger partial charge in [-0.2, -0.15) is 4.98 Å². The van der Waals surface area contributed by atoms with Crippen molar-refractivity contribution in [2.75, 3.05) is 21.0 Å². The number of phenols is 1. The maximum atomic E-state index is 13.9. The number of aromatic hydroxyl groups is 1. The highest BCUT2D eigenvalue weighted by molar-refractivity contribution is 9.10. The third-order valence-electron chi connectivity index (χ3n) is 10.5. The van der Waals surface area contributed by atoms with Crippen LogP contribution < -0.4 is 14.2 Å². The number of benzene rings is 3. The highest BCUT2D eigenvalue weighted by atomic mass is 79.9. The minimum absolute atomic E-state index is 0.0284. The van der Waals surface area contributed by atoms with Crippen LogP contribution in [0.2, 0.25) is 0 Å². The lowest BCUT2D eigenvalue weighted by Gasteiger charge is -2.30. The van der Waals surface area contributed by atoms with E-state index in [2.05, 4.69) is 20.9 Å². The van der Waals surface area contributed by atoms with Crippen LogP contribution in [0.5, 0.6) is 28.9 Å². The maximum Gasteiger partial charge on any atom is 0.356 e. The van der Waals surface area contributed by atoms with Crippen LogP contribution in [0.25, 0.3) is 10.9 Å². The fraction of sp³-hybridized carbons (Fsp3) is 0.349. The Hall–Kier alpha value is -5.64. The topological polar surface area (TPSA) is 190 Å². The van der Waals surface area contributed by atoms with Crippen LogP contribution in [0.1, 0.15) is 84.9 Å². The molecular weight excluding hydrogens is 816 g/mol. The molecule has 0 bridgehead atoms.